The minimum atomic E-state index is -0.491. The third-order valence-electron chi connectivity index (χ3n) is 2.19. The van der Waals surface area contributed by atoms with Crippen LogP contribution in [0.1, 0.15) is 25.3 Å². The van der Waals surface area contributed by atoms with E-state index in [-0.39, 0.29) is 6.61 Å². The average molecular weight is 212 g/mol. The van der Waals surface area contributed by atoms with Crippen LogP contribution in [-0.4, -0.2) is 20.4 Å². The van der Waals surface area contributed by atoms with Crippen LogP contribution in [0.25, 0.3) is 0 Å². The molecule has 0 fully saturated rings. The summed E-state index contributed by atoms with van der Waals surface area (Å²) in [6.07, 6.45) is 0. The normalized spacial score (nSPS) is 10.5. The van der Waals surface area contributed by atoms with Gasteiger partial charge in [0.05, 0.1) is 7.11 Å². The van der Waals surface area contributed by atoms with E-state index in [9.17, 15) is 4.39 Å². The van der Waals surface area contributed by atoms with Gasteiger partial charge in [0.1, 0.15) is 13.3 Å². The Morgan fingerprint density at radius 3 is 2.53 bits per heavy atom. The van der Waals surface area contributed by atoms with Crippen molar-refractivity contribution in [1.29, 1.82) is 0 Å². The standard InChI is InChI=1S/C12H17FO2/c1-9(2)10-4-5-11(15-7-6-13)12(8-10)14-3/h4-5,8-9H,6-7H2,1-3H3. The van der Waals surface area contributed by atoms with Gasteiger partial charge in [-0.25, -0.2) is 4.39 Å². The fraction of sp³-hybridized carbons (Fsp3) is 0.500. The number of hydrogen-bond acceptors (Lipinski definition) is 2. The molecular formula is C12H17FO2. The van der Waals surface area contributed by atoms with Gasteiger partial charge in [-0.3, -0.25) is 0 Å². The molecule has 0 heterocycles. The maximum Gasteiger partial charge on any atom is 0.161 e. The Hall–Kier alpha value is -1.25. The molecule has 0 aliphatic rings. The van der Waals surface area contributed by atoms with Gasteiger partial charge in [0.15, 0.2) is 11.5 Å². The zero-order valence-electron chi connectivity index (χ0n) is 9.42. The second-order valence-electron chi connectivity index (χ2n) is 3.60. The molecule has 0 saturated carbocycles. The molecule has 0 bridgehead atoms. The second kappa shape index (κ2) is 5.59. The predicted octanol–water partition coefficient (Wildman–Crippen LogP) is 3.17. The summed E-state index contributed by atoms with van der Waals surface area (Å²) in [5.41, 5.74) is 1.18. The van der Waals surface area contributed by atoms with Crippen LogP contribution in [0.15, 0.2) is 18.2 Å². The van der Waals surface area contributed by atoms with E-state index in [1.54, 1.807) is 7.11 Å². The molecule has 84 valence electrons. The number of ether oxygens (including phenoxy) is 2. The largest absolute Gasteiger partial charge is 0.493 e. The minimum Gasteiger partial charge on any atom is -0.493 e. The van der Waals surface area contributed by atoms with Gasteiger partial charge in [-0.1, -0.05) is 19.9 Å². The fourth-order valence-electron chi connectivity index (χ4n) is 1.31. The molecule has 0 radical (unpaired) electrons. The molecule has 0 aromatic heterocycles. The molecule has 0 saturated heterocycles. The lowest BCUT2D eigenvalue weighted by Crippen LogP contribution is -2.01. The number of halogens is 1. The quantitative estimate of drug-likeness (QED) is 0.746. The summed E-state index contributed by atoms with van der Waals surface area (Å²) >= 11 is 0. The van der Waals surface area contributed by atoms with E-state index in [2.05, 4.69) is 13.8 Å². The Morgan fingerprint density at radius 2 is 2.00 bits per heavy atom. The van der Waals surface area contributed by atoms with Gasteiger partial charge in [0.2, 0.25) is 0 Å². The minimum absolute atomic E-state index is 0.0669. The summed E-state index contributed by atoms with van der Waals surface area (Å²) in [7, 11) is 1.59. The highest BCUT2D eigenvalue weighted by Crippen LogP contribution is 2.30. The lowest BCUT2D eigenvalue weighted by atomic mass is 10.0. The van der Waals surface area contributed by atoms with Crippen molar-refractivity contribution in [1.82, 2.24) is 0 Å². The van der Waals surface area contributed by atoms with Gasteiger partial charge >= 0.3 is 0 Å². The highest BCUT2D eigenvalue weighted by atomic mass is 19.1. The van der Waals surface area contributed by atoms with Crippen molar-refractivity contribution in [3.8, 4) is 11.5 Å². The third-order valence-corrected chi connectivity index (χ3v) is 2.19. The van der Waals surface area contributed by atoms with Gasteiger partial charge in [0, 0.05) is 0 Å². The summed E-state index contributed by atoms with van der Waals surface area (Å²) in [5, 5.41) is 0. The lowest BCUT2D eigenvalue weighted by molar-refractivity contribution is 0.260. The van der Waals surface area contributed by atoms with Gasteiger partial charge in [-0.05, 0) is 23.6 Å². The maximum atomic E-state index is 12.0. The van der Waals surface area contributed by atoms with E-state index in [4.69, 9.17) is 9.47 Å². The molecule has 0 N–H and O–H groups in total. The van der Waals surface area contributed by atoms with Crippen LogP contribution in [0.3, 0.4) is 0 Å². The van der Waals surface area contributed by atoms with E-state index in [1.807, 2.05) is 18.2 Å². The monoisotopic (exact) mass is 212 g/mol. The number of benzene rings is 1. The van der Waals surface area contributed by atoms with Crippen LogP contribution >= 0.6 is 0 Å². The summed E-state index contributed by atoms with van der Waals surface area (Å²) in [5.74, 6) is 1.70. The Labute approximate surface area is 90.0 Å². The van der Waals surface area contributed by atoms with E-state index >= 15 is 0 Å². The summed E-state index contributed by atoms with van der Waals surface area (Å²) < 4.78 is 22.4. The van der Waals surface area contributed by atoms with Crippen molar-refractivity contribution in [3.05, 3.63) is 23.8 Å². The van der Waals surface area contributed by atoms with Crippen LogP contribution < -0.4 is 9.47 Å². The summed E-state index contributed by atoms with van der Waals surface area (Å²) in [6, 6.07) is 5.73. The third kappa shape index (κ3) is 3.11. The molecule has 0 aliphatic carbocycles. The first-order chi connectivity index (χ1) is 7.19. The molecule has 0 atom stereocenters. The van der Waals surface area contributed by atoms with Crippen LogP contribution in [-0.2, 0) is 0 Å². The van der Waals surface area contributed by atoms with E-state index in [0.29, 0.717) is 17.4 Å². The van der Waals surface area contributed by atoms with E-state index < -0.39 is 6.67 Å². The molecule has 0 spiro atoms. The highest BCUT2D eigenvalue weighted by molar-refractivity contribution is 5.43. The molecule has 1 rings (SSSR count). The van der Waals surface area contributed by atoms with Crippen molar-refractivity contribution in [2.24, 2.45) is 0 Å². The zero-order valence-corrected chi connectivity index (χ0v) is 9.42. The first-order valence-corrected chi connectivity index (χ1v) is 5.05. The van der Waals surface area contributed by atoms with E-state index in [0.717, 1.165) is 0 Å². The number of alkyl halides is 1. The number of methoxy groups -OCH3 is 1. The van der Waals surface area contributed by atoms with Gasteiger partial charge in [0.25, 0.3) is 0 Å². The van der Waals surface area contributed by atoms with Crippen molar-refractivity contribution < 1.29 is 13.9 Å². The first kappa shape index (κ1) is 11.8. The highest BCUT2D eigenvalue weighted by Gasteiger charge is 2.07. The average Bonchev–Trinajstić information content (AvgIpc) is 2.25. The lowest BCUT2D eigenvalue weighted by Gasteiger charge is -2.12. The Morgan fingerprint density at radius 1 is 1.27 bits per heavy atom. The van der Waals surface area contributed by atoms with Crippen LogP contribution in [0, 0.1) is 0 Å². The topological polar surface area (TPSA) is 18.5 Å². The number of rotatable bonds is 5. The summed E-state index contributed by atoms with van der Waals surface area (Å²) in [6.45, 7) is 3.79. The molecule has 1 aromatic rings. The zero-order chi connectivity index (χ0) is 11.3. The molecule has 15 heavy (non-hydrogen) atoms. The van der Waals surface area contributed by atoms with Gasteiger partial charge in [-0.15, -0.1) is 0 Å². The number of hydrogen-bond donors (Lipinski definition) is 0. The smallest absolute Gasteiger partial charge is 0.161 e. The van der Waals surface area contributed by atoms with Crippen LogP contribution in [0.5, 0.6) is 11.5 Å². The SMILES string of the molecule is COc1cc(C(C)C)ccc1OCCF. The molecule has 0 aliphatic heterocycles. The molecular weight excluding hydrogens is 195 g/mol. The molecule has 0 unspecified atom stereocenters. The fourth-order valence-corrected chi connectivity index (χ4v) is 1.31. The summed E-state index contributed by atoms with van der Waals surface area (Å²) in [4.78, 5) is 0. The van der Waals surface area contributed by atoms with Crippen molar-refractivity contribution in [2.45, 2.75) is 19.8 Å². The van der Waals surface area contributed by atoms with Crippen LogP contribution in [0.2, 0.25) is 0 Å². The van der Waals surface area contributed by atoms with Crippen LogP contribution in [0.4, 0.5) is 4.39 Å². The Balaban J connectivity index is 2.88. The maximum absolute atomic E-state index is 12.0. The van der Waals surface area contributed by atoms with Crippen molar-refractivity contribution in [3.63, 3.8) is 0 Å². The molecule has 3 heteroatoms. The first-order valence-electron chi connectivity index (χ1n) is 5.05. The molecule has 2 nitrogen and oxygen atoms in total. The van der Waals surface area contributed by atoms with Gasteiger partial charge < -0.3 is 9.47 Å². The Kier molecular flexibility index (Phi) is 4.40. The predicted molar refractivity (Wildman–Crippen MR) is 58.6 cm³/mol. The second-order valence-corrected chi connectivity index (χ2v) is 3.60. The van der Waals surface area contributed by atoms with Crippen molar-refractivity contribution in [2.75, 3.05) is 20.4 Å². The Bertz CT molecular complexity index is 310. The molecule has 1 aromatic carbocycles. The molecule has 0 amide bonds. The van der Waals surface area contributed by atoms with E-state index in [1.165, 1.54) is 5.56 Å². The van der Waals surface area contributed by atoms with Gasteiger partial charge in [-0.2, -0.15) is 0 Å². The van der Waals surface area contributed by atoms with Crippen molar-refractivity contribution >= 4 is 0 Å².